The van der Waals surface area contributed by atoms with Crippen molar-refractivity contribution < 1.29 is 9.90 Å². The van der Waals surface area contributed by atoms with Crippen molar-refractivity contribution in [3.63, 3.8) is 0 Å². The molecule has 5 N–H and O–H groups in total. The number of phenolic OH excluding ortho intramolecular Hbond substituents is 1. The summed E-state index contributed by atoms with van der Waals surface area (Å²) in [6.07, 6.45) is 3.48. The minimum atomic E-state index is -0.546. The third kappa shape index (κ3) is 4.58. The highest BCUT2D eigenvalue weighted by Crippen LogP contribution is 2.28. The van der Waals surface area contributed by atoms with E-state index in [4.69, 9.17) is 11.1 Å². The number of carbonyl (C=O) groups excluding carboxylic acids is 1. The number of pyridine rings is 1. The number of nitrogens with zero attached hydrogens (tertiary/aromatic N) is 1. The second kappa shape index (κ2) is 8.57. The van der Waals surface area contributed by atoms with Gasteiger partial charge in [-0.05, 0) is 24.3 Å². The molecule has 27 heavy (non-hydrogen) atoms. The van der Waals surface area contributed by atoms with Crippen molar-refractivity contribution >= 4 is 23.0 Å². The molecule has 0 aliphatic carbocycles. The standard InChI is InChI=1S/C20H20N4O2S/c21-11-14-7-8-19(27-14)20(26)24-17(15-5-1-2-6-18(15)25)10-16(22)13-4-3-9-23-12-13/h1-9,12,17,22,25H,10-11,21H2,(H,24,26). The average molecular weight is 380 g/mol. The Hall–Kier alpha value is -3.03. The number of aromatic nitrogens is 1. The summed E-state index contributed by atoms with van der Waals surface area (Å²) in [5, 5.41) is 21.6. The Kier molecular flexibility index (Phi) is 5.95. The van der Waals surface area contributed by atoms with Crippen molar-refractivity contribution in [2.45, 2.75) is 19.0 Å². The van der Waals surface area contributed by atoms with Crippen LogP contribution in [0, 0.1) is 5.41 Å². The molecule has 0 saturated heterocycles. The van der Waals surface area contributed by atoms with Gasteiger partial charge < -0.3 is 21.6 Å². The fraction of sp³-hybridized carbons (Fsp3) is 0.150. The molecule has 0 bridgehead atoms. The number of rotatable bonds is 7. The molecule has 6 nitrogen and oxygen atoms in total. The SMILES string of the molecule is N=C(CC(NC(=O)c1ccc(CN)s1)c1ccccc1O)c1cccnc1. The normalized spacial score (nSPS) is 11.7. The number of carbonyl (C=O) groups is 1. The molecule has 1 amide bonds. The Bertz CT molecular complexity index is 940. The maximum atomic E-state index is 12.7. The lowest BCUT2D eigenvalue weighted by atomic mass is 9.97. The van der Waals surface area contributed by atoms with Gasteiger partial charge >= 0.3 is 0 Å². The largest absolute Gasteiger partial charge is 0.508 e. The van der Waals surface area contributed by atoms with Crippen LogP contribution in [0.3, 0.4) is 0 Å². The van der Waals surface area contributed by atoms with Gasteiger partial charge in [0, 0.05) is 47.1 Å². The van der Waals surface area contributed by atoms with E-state index in [-0.39, 0.29) is 18.1 Å². The molecule has 1 atom stereocenters. The summed E-state index contributed by atoms with van der Waals surface area (Å²) in [6, 6.07) is 13.4. The zero-order valence-electron chi connectivity index (χ0n) is 14.6. The Morgan fingerprint density at radius 1 is 1.22 bits per heavy atom. The average Bonchev–Trinajstić information content (AvgIpc) is 3.18. The summed E-state index contributed by atoms with van der Waals surface area (Å²) in [5.74, 6) is -0.178. The molecule has 0 radical (unpaired) electrons. The fourth-order valence-electron chi connectivity index (χ4n) is 2.72. The Morgan fingerprint density at radius 3 is 2.70 bits per heavy atom. The van der Waals surface area contributed by atoms with Crippen LogP contribution in [-0.2, 0) is 6.54 Å². The van der Waals surface area contributed by atoms with Gasteiger partial charge in [-0.1, -0.05) is 24.3 Å². The van der Waals surface area contributed by atoms with E-state index in [1.807, 2.05) is 6.07 Å². The predicted molar refractivity (Wildman–Crippen MR) is 106 cm³/mol. The zero-order chi connectivity index (χ0) is 19.2. The number of aromatic hydroxyl groups is 1. The van der Waals surface area contributed by atoms with Gasteiger partial charge in [-0.3, -0.25) is 9.78 Å². The van der Waals surface area contributed by atoms with Gasteiger partial charge in [0.25, 0.3) is 5.91 Å². The highest BCUT2D eigenvalue weighted by molar-refractivity contribution is 7.14. The van der Waals surface area contributed by atoms with Crippen molar-refractivity contribution in [2.75, 3.05) is 0 Å². The summed E-state index contributed by atoms with van der Waals surface area (Å²) in [4.78, 5) is 18.2. The minimum absolute atomic E-state index is 0.0793. The first-order chi connectivity index (χ1) is 13.1. The predicted octanol–water partition coefficient (Wildman–Crippen LogP) is 3.24. The molecule has 0 fully saturated rings. The Labute approximate surface area is 161 Å². The van der Waals surface area contributed by atoms with Crippen LogP contribution in [0.25, 0.3) is 0 Å². The van der Waals surface area contributed by atoms with Crippen LogP contribution in [0.15, 0.2) is 60.9 Å². The molecule has 2 aromatic heterocycles. The van der Waals surface area contributed by atoms with Crippen molar-refractivity contribution in [1.82, 2.24) is 10.3 Å². The minimum Gasteiger partial charge on any atom is -0.508 e. The second-order valence-corrected chi connectivity index (χ2v) is 7.15. The zero-order valence-corrected chi connectivity index (χ0v) is 15.4. The van der Waals surface area contributed by atoms with Crippen LogP contribution in [-0.4, -0.2) is 21.7 Å². The van der Waals surface area contributed by atoms with Crippen molar-refractivity contribution in [3.05, 3.63) is 81.8 Å². The summed E-state index contributed by atoms with van der Waals surface area (Å²) < 4.78 is 0. The van der Waals surface area contributed by atoms with E-state index < -0.39 is 6.04 Å². The number of hydrogen-bond donors (Lipinski definition) is 4. The number of amides is 1. The third-order valence-electron chi connectivity index (χ3n) is 4.12. The number of nitrogens with two attached hydrogens (primary N) is 1. The lowest BCUT2D eigenvalue weighted by Crippen LogP contribution is -2.29. The Morgan fingerprint density at radius 2 is 2.04 bits per heavy atom. The van der Waals surface area contributed by atoms with E-state index >= 15 is 0 Å². The number of benzene rings is 1. The van der Waals surface area contributed by atoms with Crippen LogP contribution in [0.4, 0.5) is 0 Å². The third-order valence-corrected chi connectivity index (χ3v) is 5.23. The number of nitrogens with one attached hydrogen (secondary N) is 2. The van der Waals surface area contributed by atoms with Crippen molar-refractivity contribution in [2.24, 2.45) is 5.73 Å². The summed E-state index contributed by atoms with van der Waals surface area (Å²) in [7, 11) is 0. The number of hydrogen-bond acceptors (Lipinski definition) is 6. The molecule has 138 valence electrons. The molecule has 0 aliphatic rings. The molecule has 0 spiro atoms. The molecule has 2 heterocycles. The lowest BCUT2D eigenvalue weighted by molar-refractivity contribution is 0.0941. The van der Waals surface area contributed by atoms with Crippen LogP contribution in [0.1, 0.15) is 38.1 Å². The molecule has 0 saturated carbocycles. The Balaban J connectivity index is 1.85. The van der Waals surface area contributed by atoms with E-state index in [2.05, 4.69) is 10.3 Å². The van der Waals surface area contributed by atoms with E-state index in [0.717, 1.165) is 4.88 Å². The highest BCUT2D eigenvalue weighted by atomic mass is 32.1. The number of para-hydroxylation sites is 1. The van der Waals surface area contributed by atoms with Crippen LogP contribution in [0.5, 0.6) is 5.75 Å². The van der Waals surface area contributed by atoms with Crippen molar-refractivity contribution in [3.8, 4) is 5.75 Å². The van der Waals surface area contributed by atoms with Gasteiger partial charge in [-0.2, -0.15) is 0 Å². The first-order valence-corrected chi connectivity index (χ1v) is 9.25. The molecule has 3 rings (SSSR count). The van der Waals surface area contributed by atoms with Crippen LogP contribution < -0.4 is 11.1 Å². The number of thiophene rings is 1. The van der Waals surface area contributed by atoms with Crippen molar-refractivity contribution in [1.29, 1.82) is 5.41 Å². The quantitative estimate of drug-likeness (QED) is 0.471. The molecule has 7 heteroatoms. The van der Waals surface area contributed by atoms with Gasteiger partial charge in [-0.25, -0.2) is 0 Å². The van der Waals surface area contributed by atoms with Gasteiger partial charge in [-0.15, -0.1) is 11.3 Å². The molecule has 1 aromatic carbocycles. The molecule has 1 unspecified atom stereocenters. The second-order valence-electron chi connectivity index (χ2n) is 5.98. The summed E-state index contributed by atoms with van der Waals surface area (Å²) in [6.45, 7) is 0.381. The molecular weight excluding hydrogens is 360 g/mol. The maximum Gasteiger partial charge on any atom is 0.261 e. The van der Waals surface area contributed by atoms with E-state index in [0.29, 0.717) is 28.3 Å². The first-order valence-electron chi connectivity index (χ1n) is 8.44. The molecule has 0 aliphatic heterocycles. The van der Waals surface area contributed by atoms with Gasteiger partial charge in [0.2, 0.25) is 0 Å². The fourth-order valence-corrected chi connectivity index (χ4v) is 3.51. The van der Waals surface area contributed by atoms with Gasteiger partial charge in [0.1, 0.15) is 5.75 Å². The highest BCUT2D eigenvalue weighted by Gasteiger charge is 2.21. The van der Waals surface area contributed by atoms with Crippen LogP contribution >= 0.6 is 11.3 Å². The summed E-state index contributed by atoms with van der Waals surface area (Å²) >= 11 is 1.33. The topological polar surface area (TPSA) is 112 Å². The van der Waals surface area contributed by atoms with E-state index in [1.165, 1.54) is 11.3 Å². The lowest BCUT2D eigenvalue weighted by Gasteiger charge is -2.20. The maximum absolute atomic E-state index is 12.7. The smallest absolute Gasteiger partial charge is 0.261 e. The number of phenols is 1. The van der Waals surface area contributed by atoms with Crippen LogP contribution in [0.2, 0.25) is 0 Å². The van der Waals surface area contributed by atoms with Gasteiger partial charge in [0.05, 0.1) is 10.9 Å². The molecular formula is C20H20N4O2S. The molecule has 3 aromatic rings. The first kappa shape index (κ1) is 18.8. The van der Waals surface area contributed by atoms with E-state index in [9.17, 15) is 9.90 Å². The van der Waals surface area contributed by atoms with Gasteiger partial charge in [0.15, 0.2) is 0 Å². The summed E-state index contributed by atoms with van der Waals surface area (Å²) in [5.41, 5.74) is 7.18. The van der Waals surface area contributed by atoms with E-state index in [1.54, 1.807) is 54.9 Å². The monoisotopic (exact) mass is 380 g/mol.